The highest BCUT2D eigenvalue weighted by Gasteiger charge is 2.06. The van der Waals surface area contributed by atoms with Gasteiger partial charge in [-0.2, -0.15) is 0 Å². The fourth-order valence-corrected chi connectivity index (χ4v) is 1.80. The van der Waals surface area contributed by atoms with Crippen molar-refractivity contribution in [3.63, 3.8) is 0 Å². The summed E-state index contributed by atoms with van der Waals surface area (Å²) in [5.41, 5.74) is 2.57. The Morgan fingerprint density at radius 1 is 1.00 bits per heavy atom. The Balaban J connectivity index is 2.03. The van der Waals surface area contributed by atoms with Crippen LogP contribution in [0.15, 0.2) is 48.5 Å². The van der Waals surface area contributed by atoms with Crippen LogP contribution in [0.25, 0.3) is 0 Å². The highest BCUT2D eigenvalue weighted by molar-refractivity contribution is 6.04. The quantitative estimate of drug-likeness (QED) is 0.909. The zero-order valence-corrected chi connectivity index (χ0v) is 12.0. The summed E-state index contributed by atoms with van der Waals surface area (Å²) in [6.45, 7) is 5.95. The molecular formula is C17H19NO2. The zero-order valence-electron chi connectivity index (χ0n) is 12.0. The van der Waals surface area contributed by atoms with Gasteiger partial charge in [0.25, 0.3) is 5.91 Å². The molecule has 0 saturated carbocycles. The smallest absolute Gasteiger partial charge is 0.255 e. The summed E-state index contributed by atoms with van der Waals surface area (Å²) < 4.78 is 5.55. The van der Waals surface area contributed by atoms with Crippen molar-refractivity contribution in [1.82, 2.24) is 0 Å². The van der Waals surface area contributed by atoms with E-state index >= 15 is 0 Å². The van der Waals surface area contributed by atoms with Crippen LogP contribution >= 0.6 is 0 Å². The van der Waals surface area contributed by atoms with Crippen LogP contribution in [0.2, 0.25) is 0 Å². The normalized spacial score (nSPS) is 10.4. The minimum absolute atomic E-state index is 0.120. The molecule has 0 radical (unpaired) electrons. The van der Waals surface area contributed by atoms with Gasteiger partial charge in [-0.1, -0.05) is 17.7 Å². The standard InChI is InChI=1S/C17H19NO2/c1-12(2)20-16-10-6-14(7-11-16)17(19)18-15-8-4-13(3)5-9-15/h4-12H,1-3H3,(H,18,19). The first-order chi connectivity index (χ1) is 9.54. The Morgan fingerprint density at radius 2 is 1.60 bits per heavy atom. The molecule has 0 fully saturated rings. The number of nitrogens with one attached hydrogen (secondary N) is 1. The molecule has 0 saturated heterocycles. The van der Waals surface area contributed by atoms with Crippen LogP contribution < -0.4 is 10.1 Å². The molecule has 2 aromatic carbocycles. The van der Waals surface area contributed by atoms with Crippen molar-refractivity contribution < 1.29 is 9.53 Å². The average Bonchev–Trinajstić information content (AvgIpc) is 2.41. The van der Waals surface area contributed by atoms with E-state index in [1.807, 2.05) is 57.2 Å². The Labute approximate surface area is 119 Å². The molecule has 0 unspecified atom stereocenters. The Hall–Kier alpha value is -2.29. The molecule has 0 aromatic heterocycles. The van der Waals surface area contributed by atoms with Gasteiger partial charge in [-0.25, -0.2) is 0 Å². The molecule has 20 heavy (non-hydrogen) atoms. The summed E-state index contributed by atoms with van der Waals surface area (Å²) in [5.74, 6) is 0.650. The summed E-state index contributed by atoms with van der Waals surface area (Å²) in [5, 5.41) is 2.87. The predicted octanol–water partition coefficient (Wildman–Crippen LogP) is 4.03. The van der Waals surface area contributed by atoms with Crippen molar-refractivity contribution in [3.05, 3.63) is 59.7 Å². The summed E-state index contributed by atoms with van der Waals surface area (Å²) in [6.07, 6.45) is 0.127. The number of carbonyl (C=O) groups is 1. The molecule has 2 aromatic rings. The number of hydrogen-bond donors (Lipinski definition) is 1. The van der Waals surface area contributed by atoms with Gasteiger partial charge < -0.3 is 10.1 Å². The van der Waals surface area contributed by atoms with E-state index in [4.69, 9.17) is 4.74 Å². The number of carbonyl (C=O) groups excluding carboxylic acids is 1. The van der Waals surface area contributed by atoms with E-state index < -0.39 is 0 Å². The van der Waals surface area contributed by atoms with Gasteiger partial charge in [0.05, 0.1) is 6.10 Å². The average molecular weight is 269 g/mol. The van der Waals surface area contributed by atoms with E-state index in [-0.39, 0.29) is 12.0 Å². The van der Waals surface area contributed by atoms with Crippen LogP contribution in [0.3, 0.4) is 0 Å². The zero-order chi connectivity index (χ0) is 14.5. The Bertz CT molecular complexity index is 571. The molecular weight excluding hydrogens is 250 g/mol. The van der Waals surface area contributed by atoms with Gasteiger partial charge in [0, 0.05) is 11.3 Å². The maximum atomic E-state index is 12.1. The van der Waals surface area contributed by atoms with E-state index in [2.05, 4.69) is 5.32 Å². The molecule has 0 atom stereocenters. The topological polar surface area (TPSA) is 38.3 Å². The number of ether oxygens (including phenoxy) is 1. The lowest BCUT2D eigenvalue weighted by molar-refractivity contribution is 0.102. The number of hydrogen-bond acceptors (Lipinski definition) is 2. The molecule has 0 aliphatic rings. The van der Waals surface area contributed by atoms with Gasteiger partial charge in [-0.15, -0.1) is 0 Å². The van der Waals surface area contributed by atoms with Crippen LogP contribution in [0.1, 0.15) is 29.8 Å². The third kappa shape index (κ3) is 3.85. The molecule has 0 heterocycles. The fraction of sp³-hybridized carbons (Fsp3) is 0.235. The minimum atomic E-state index is -0.120. The Kier molecular flexibility index (Phi) is 4.41. The maximum absolute atomic E-state index is 12.1. The third-order valence-electron chi connectivity index (χ3n) is 2.80. The van der Waals surface area contributed by atoms with Crippen molar-refractivity contribution >= 4 is 11.6 Å². The molecule has 0 bridgehead atoms. The maximum Gasteiger partial charge on any atom is 0.255 e. The van der Waals surface area contributed by atoms with Crippen LogP contribution in [0.5, 0.6) is 5.75 Å². The highest BCUT2D eigenvalue weighted by atomic mass is 16.5. The molecule has 0 spiro atoms. The molecule has 3 nitrogen and oxygen atoms in total. The second kappa shape index (κ2) is 6.24. The van der Waals surface area contributed by atoms with Gasteiger partial charge in [-0.3, -0.25) is 4.79 Å². The van der Waals surface area contributed by atoms with E-state index in [1.54, 1.807) is 12.1 Å². The lowest BCUT2D eigenvalue weighted by atomic mass is 10.2. The lowest BCUT2D eigenvalue weighted by Crippen LogP contribution is -2.12. The monoisotopic (exact) mass is 269 g/mol. The Morgan fingerprint density at radius 3 is 2.15 bits per heavy atom. The molecule has 0 aliphatic carbocycles. The highest BCUT2D eigenvalue weighted by Crippen LogP contribution is 2.15. The predicted molar refractivity (Wildman–Crippen MR) is 81.3 cm³/mol. The molecule has 1 amide bonds. The summed E-state index contributed by atoms with van der Waals surface area (Å²) in [4.78, 5) is 12.1. The summed E-state index contributed by atoms with van der Waals surface area (Å²) in [6, 6.07) is 14.9. The van der Waals surface area contributed by atoms with Crippen LogP contribution in [0.4, 0.5) is 5.69 Å². The van der Waals surface area contributed by atoms with Gasteiger partial charge in [0.2, 0.25) is 0 Å². The van der Waals surface area contributed by atoms with Crippen molar-refractivity contribution in [1.29, 1.82) is 0 Å². The number of rotatable bonds is 4. The second-order valence-electron chi connectivity index (χ2n) is 5.01. The summed E-state index contributed by atoms with van der Waals surface area (Å²) >= 11 is 0. The number of amides is 1. The van der Waals surface area contributed by atoms with Gasteiger partial charge in [0.1, 0.15) is 5.75 Å². The largest absolute Gasteiger partial charge is 0.491 e. The van der Waals surface area contributed by atoms with Crippen LogP contribution in [0, 0.1) is 6.92 Å². The van der Waals surface area contributed by atoms with E-state index in [0.717, 1.165) is 17.0 Å². The van der Waals surface area contributed by atoms with Crippen LogP contribution in [-0.2, 0) is 0 Å². The molecule has 3 heteroatoms. The van der Waals surface area contributed by atoms with Crippen molar-refractivity contribution in [2.24, 2.45) is 0 Å². The van der Waals surface area contributed by atoms with E-state index in [0.29, 0.717) is 5.56 Å². The number of anilines is 1. The first-order valence-electron chi connectivity index (χ1n) is 6.69. The lowest BCUT2D eigenvalue weighted by Gasteiger charge is -2.10. The third-order valence-corrected chi connectivity index (χ3v) is 2.80. The first kappa shape index (κ1) is 14.1. The van der Waals surface area contributed by atoms with E-state index in [1.165, 1.54) is 0 Å². The molecule has 2 rings (SSSR count). The van der Waals surface area contributed by atoms with Crippen molar-refractivity contribution in [3.8, 4) is 5.75 Å². The SMILES string of the molecule is Cc1ccc(NC(=O)c2ccc(OC(C)C)cc2)cc1. The number of benzene rings is 2. The fourth-order valence-electron chi connectivity index (χ4n) is 1.80. The van der Waals surface area contributed by atoms with Crippen molar-refractivity contribution in [2.75, 3.05) is 5.32 Å². The van der Waals surface area contributed by atoms with E-state index in [9.17, 15) is 4.79 Å². The number of aryl methyl sites for hydroxylation is 1. The molecule has 0 aliphatic heterocycles. The van der Waals surface area contributed by atoms with Crippen LogP contribution in [-0.4, -0.2) is 12.0 Å². The van der Waals surface area contributed by atoms with Crippen molar-refractivity contribution in [2.45, 2.75) is 26.9 Å². The molecule has 1 N–H and O–H groups in total. The summed E-state index contributed by atoms with van der Waals surface area (Å²) in [7, 11) is 0. The van der Waals surface area contributed by atoms with Gasteiger partial charge >= 0.3 is 0 Å². The van der Waals surface area contributed by atoms with Gasteiger partial charge in [0.15, 0.2) is 0 Å². The molecule has 104 valence electrons. The first-order valence-corrected chi connectivity index (χ1v) is 6.69. The van der Waals surface area contributed by atoms with Gasteiger partial charge in [-0.05, 0) is 57.2 Å². The minimum Gasteiger partial charge on any atom is -0.491 e. The second-order valence-corrected chi connectivity index (χ2v) is 5.01.